The first kappa shape index (κ1) is 45.7. The first-order chi connectivity index (χ1) is 30.8. The molecule has 2 heterocycles. The van der Waals surface area contributed by atoms with Crippen LogP contribution in [0.3, 0.4) is 0 Å². The van der Waals surface area contributed by atoms with Gasteiger partial charge in [-0.3, -0.25) is 0 Å². The van der Waals surface area contributed by atoms with Gasteiger partial charge in [-0.1, -0.05) is 0 Å². The van der Waals surface area contributed by atoms with Gasteiger partial charge in [0.2, 0.25) is 23.7 Å². The Kier molecular flexibility index (Phi) is 15.5. The number of aromatic carboxylic acids is 1. The Labute approximate surface area is 368 Å². The van der Waals surface area contributed by atoms with E-state index in [9.17, 15) is 14.7 Å². The van der Waals surface area contributed by atoms with Crippen molar-refractivity contribution in [2.24, 2.45) is 0 Å². The minimum atomic E-state index is -1.22. The van der Waals surface area contributed by atoms with E-state index < -0.39 is 11.9 Å². The molecule has 0 bridgehead atoms. The minimum absolute atomic E-state index is 0.0473. The number of nitrogens with one attached hydrogen (secondary N) is 2. The zero-order valence-corrected chi connectivity index (χ0v) is 35.2. The normalized spacial score (nSPS) is 10.3. The molecule has 0 unspecified atom stereocenters. The Morgan fingerprint density at radius 3 is 1.39 bits per heavy atom. The van der Waals surface area contributed by atoms with Crippen LogP contribution in [0, 0.1) is 73.0 Å². The molecule has 16 nitrogen and oxygen atoms in total. The molecule has 0 atom stereocenters. The molecule has 0 radical (unpaired) electrons. The number of hydrogen-bond acceptors (Lipinski definition) is 15. The van der Waals surface area contributed by atoms with Gasteiger partial charge >= 0.3 is 11.9 Å². The number of hydrogen-bond donors (Lipinski definition) is 3. The zero-order valence-electron chi connectivity index (χ0n) is 35.2. The van der Waals surface area contributed by atoms with E-state index in [0.29, 0.717) is 34.0 Å². The second kappa shape index (κ2) is 21.7. The maximum Gasteiger partial charge on any atom is 0.345 e. The summed E-state index contributed by atoms with van der Waals surface area (Å²) in [6.07, 6.45) is 8.68. The smallest absolute Gasteiger partial charge is 0.345 e. The molecule has 0 saturated heterocycles. The average molecular weight is 851 g/mol. The third-order valence-electron chi connectivity index (χ3n) is 8.84. The lowest BCUT2D eigenvalue weighted by Gasteiger charge is -2.15. The van der Waals surface area contributed by atoms with Crippen LogP contribution in [0.25, 0.3) is 12.2 Å². The van der Waals surface area contributed by atoms with Crippen molar-refractivity contribution in [2.75, 3.05) is 17.2 Å². The Balaban J connectivity index is 0.000000241. The summed E-state index contributed by atoms with van der Waals surface area (Å²) >= 11 is 0. The Bertz CT molecular complexity index is 2890. The predicted molar refractivity (Wildman–Crippen MR) is 237 cm³/mol. The molecule has 0 spiro atoms. The number of benzene rings is 4. The van der Waals surface area contributed by atoms with E-state index >= 15 is 0 Å². The number of nitrogens with zero attached hydrogens (tertiary/aromatic N) is 8. The standard InChI is InChI=1S/C25H21N5O3.C23H17N5O3/c1-4-32-24(31)21-15-28-25(29-20-9-7-18(14-27)8-10-20)30-23(21)33-22-16(2)12-19(6-5-11-26)13-17(22)3;1-14-10-17(4-3-9-24)11-15(2)20(14)31-21-19(22(29)30)13-26-23(28-21)27-18-7-5-16(12-25)6-8-18/h5-10,12-13,15H,4H2,1-3H3,(H,28,29,30);3-8,10-11,13H,1-2H3,(H,29,30)(H,26,27,28)/b6-5+;4-3+. The van der Waals surface area contributed by atoms with Gasteiger partial charge in [0.25, 0.3) is 0 Å². The molecule has 0 aliphatic rings. The summed E-state index contributed by atoms with van der Waals surface area (Å²) in [6.45, 7) is 9.29. The van der Waals surface area contributed by atoms with E-state index in [0.717, 1.165) is 33.4 Å². The zero-order chi connectivity index (χ0) is 46.2. The number of allylic oxidation sites excluding steroid dienone is 2. The van der Waals surface area contributed by atoms with Crippen molar-refractivity contribution in [2.45, 2.75) is 34.6 Å². The molecule has 0 aliphatic heterocycles. The molecule has 2 aromatic heterocycles. The van der Waals surface area contributed by atoms with E-state index in [-0.39, 0.29) is 41.4 Å². The number of carbonyl (C=O) groups excluding carboxylic acids is 1. The third kappa shape index (κ3) is 12.1. The molecule has 0 aliphatic carbocycles. The highest BCUT2D eigenvalue weighted by atomic mass is 16.5. The highest BCUT2D eigenvalue weighted by Gasteiger charge is 2.21. The van der Waals surface area contributed by atoms with Gasteiger partial charge in [-0.2, -0.15) is 31.0 Å². The van der Waals surface area contributed by atoms with Gasteiger partial charge < -0.3 is 30.0 Å². The van der Waals surface area contributed by atoms with Crippen LogP contribution in [0.2, 0.25) is 0 Å². The van der Waals surface area contributed by atoms with Crippen molar-refractivity contribution in [1.29, 1.82) is 21.0 Å². The Hall–Kier alpha value is -9.38. The molecular formula is C48H38N10O6. The highest BCUT2D eigenvalue weighted by molar-refractivity contribution is 5.92. The summed E-state index contributed by atoms with van der Waals surface area (Å²) in [5, 5.41) is 50.8. The molecule has 0 fully saturated rings. The number of ether oxygens (including phenoxy) is 3. The van der Waals surface area contributed by atoms with E-state index in [2.05, 4.69) is 36.6 Å². The lowest BCUT2D eigenvalue weighted by molar-refractivity contribution is 0.0521. The first-order valence-electron chi connectivity index (χ1n) is 19.3. The molecule has 64 heavy (non-hydrogen) atoms. The van der Waals surface area contributed by atoms with Crippen LogP contribution in [-0.4, -0.2) is 43.6 Å². The maximum absolute atomic E-state index is 12.5. The van der Waals surface area contributed by atoms with E-state index in [4.69, 9.17) is 35.3 Å². The summed E-state index contributed by atoms with van der Waals surface area (Å²) < 4.78 is 17.1. The van der Waals surface area contributed by atoms with E-state index in [1.165, 1.54) is 24.5 Å². The SMILES string of the molecule is CCOC(=O)c1cnc(Nc2ccc(C#N)cc2)nc1Oc1c(C)cc(/C=C/C#N)cc1C.Cc1cc(/C=C/C#N)cc(C)c1Oc1nc(Nc2ccc(C#N)cc2)ncc1C(=O)O. The number of rotatable bonds is 13. The predicted octanol–water partition coefficient (Wildman–Crippen LogP) is 9.95. The topological polar surface area (TPSA) is 253 Å². The Morgan fingerprint density at radius 2 is 1.03 bits per heavy atom. The van der Waals surface area contributed by atoms with Gasteiger partial charge in [-0.25, -0.2) is 19.6 Å². The molecule has 16 heteroatoms. The number of carbonyl (C=O) groups is 2. The summed E-state index contributed by atoms with van der Waals surface area (Å²) in [5.41, 5.74) is 7.07. The summed E-state index contributed by atoms with van der Waals surface area (Å²) in [7, 11) is 0. The Morgan fingerprint density at radius 1 is 0.641 bits per heavy atom. The lowest BCUT2D eigenvalue weighted by Crippen LogP contribution is -2.10. The summed E-state index contributed by atoms with van der Waals surface area (Å²) in [5.74, 6) is -0.501. The molecule has 3 N–H and O–H groups in total. The summed E-state index contributed by atoms with van der Waals surface area (Å²) in [6, 6.07) is 28.9. The van der Waals surface area contributed by atoms with Crippen LogP contribution < -0.4 is 20.1 Å². The van der Waals surface area contributed by atoms with Gasteiger partial charge in [0.15, 0.2) is 0 Å². The van der Waals surface area contributed by atoms with Crippen molar-refractivity contribution in [3.63, 3.8) is 0 Å². The van der Waals surface area contributed by atoms with Crippen LogP contribution in [0.15, 0.2) is 97.3 Å². The summed E-state index contributed by atoms with van der Waals surface area (Å²) in [4.78, 5) is 41.0. The number of nitriles is 4. The number of aryl methyl sites for hydroxylation is 4. The van der Waals surface area contributed by atoms with Gasteiger partial charge in [-0.15, -0.1) is 0 Å². The van der Waals surface area contributed by atoms with Crippen LogP contribution in [0.1, 0.15) is 72.1 Å². The molecule has 6 rings (SSSR count). The van der Waals surface area contributed by atoms with E-state index in [1.54, 1.807) is 67.6 Å². The number of carboxylic acid groups (broad SMARTS) is 1. The number of anilines is 4. The van der Waals surface area contributed by atoms with Crippen LogP contribution in [-0.2, 0) is 4.74 Å². The average Bonchev–Trinajstić information content (AvgIpc) is 3.28. The molecule has 316 valence electrons. The third-order valence-corrected chi connectivity index (χ3v) is 8.84. The van der Waals surface area contributed by atoms with Gasteiger partial charge in [-0.05, 0) is 153 Å². The molecule has 0 saturated carbocycles. The molecule has 4 aromatic carbocycles. The van der Waals surface area contributed by atoms with Gasteiger partial charge in [0.05, 0.1) is 54.4 Å². The van der Waals surface area contributed by atoms with Crippen molar-refractivity contribution in [3.05, 3.63) is 153 Å². The van der Waals surface area contributed by atoms with Crippen LogP contribution >= 0.6 is 0 Å². The van der Waals surface area contributed by atoms with Crippen molar-refractivity contribution in [1.82, 2.24) is 19.9 Å². The molecular weight excluding hydrogens is 813 g/mol. The largest absolute Gasteiger partial charge is 0.477 e. The van der Waals surface area contributed by atoms with Crippen molar-refractivity contribution in [3.8, 4) is 47.5 Å². The van der Waals surface area contributed by atoms with Crippen LogP contribution in [0.5, 0.6) is 23.3 Å². The second-order valence-corrected chi connectivity index (χ2v) is 13.6. The highest BCUT2D eigenvalue weighted by Crippen LogP contribution is 2.34. The second-order valence-electron chi connectivity index (χ2n) is 13.6. The van der Waals surface area contributed by atoms with Gasteiger partial charge in [0.1, 0.15) is 22.6 Å². The fraction of sp³-hybridized carbons (Fsp3) is 0.125. The fourth-order valence-electron chi connectivity index (χ4n) is 5.96. The number of aromatic nitrogens is 4. The lowest BCUT2D eigenvalue weighted by atomic mass is 10.1. The van der Waals surface area contributed by atoms with Gasteiger partial charge in [0, 0.05) is 23.5 Å². The van der Waals surface area contributed by atoms with Crippen molar-refractivity contribution < 1.29 is 28.9 Å². The molecule has 0 amide bonds. The minimum Gasteiger partial charge on any atom is -0.477 e. The van der Waals surface area contributed by atoms with Crippen molar-refractivity contribution >= 4 is 47.4 Å². The molecule has 6 aromatic rings. The maximum atomic E-state index is 12.5. The quantitative estimate of drug-likeness (QED) is 0.0721. The monoisotopic (exact) mass is 850 g/mol. The fourth-order valence-corrected chi connectivity index (χ4v) is 5.96. The van der Waals surface area contributed by atoms with E-state index in [1.807, 2.05) is 70.2 Å². The first-order valence-corrected chi connectivity index (χ1v) is 19.3. The number of esters is 1. The van der Waals surface area contributed by atoms with Crippen LogP contribution in [0.4, 0.5) is 23.3 Å². The number of carboxylic acids is 1.